The van der Waals surface area contributed by atoms with Crippen LogP contribution in [-0.4, -0.2) is 7.05 Å². The van der Waals surface area contributed by atoms with Crippen LogP contribution in [0.5, 0.6) is 0 Å². The molecule has 1 N–H and O–H groups in total. The first kappa shape index (κ1) is 25.5. The number of rotatable bonds is 4. The van der Waals surface area contributed by atoms with Crippen LogP contribution in [0.15, 0.2) is 59.9 Å². The second-order valence-electron chi connectivity index (χ2n) is 4.69. The molecular formula is C21H39N. The van der Waals surface area contributed by atoms with Crippen molar-refractivity contribution in [2.24, 2.45) is 5.41 Å². The molecule has 0 bridgehead atoms. The molecule has 0 radical (unpaired) electrons. The summed E-state index contributed by atoms with van der Waals surface area (Å²) in [5.74, 6) is 0. The van der Waals surface area contributed by atoms with Gasteiger partial charge in [0.1, 0.15) is 0 Å². The number of allylic oxidation sites excluding steroid dienone is 9. The van der Waals surface area contributed by atoms with E-state index in [1.165, 1.54) is 16.8 Å². The van der Waals surface area contributed by atoms with Crippen molar-refractivity contribution in [3.05, 3.63) is 59.9 Å². The van der Waals surface area contributed by atoms with E-state index in [0.29, 0.717) is 0 Å². The first-order valence-corrected chi connectivity index (χ1v) is 8.60. The van der Waals surface area contributed by atoms with E-state index >= 15 is 0 Å². The molecule has 22 heavy (non-hydrogen) atoms. The van der Waals surface area contributed by atoms with E-state index in [0.717, 1.165) is 0 Å². The van der Waals surface area contributed by atoms with Crippen molar-refractivity contribution < 1.29 is 0 Å². The van der Waals surface area contributed by atoms with Crippen LogP contribution < -0.4 is 5.32 Å². The highest BCUT2D eigenvalue weighted by Gasteiger charge is 2.20. The summed E-state index contributed by atoms with van der Waals surface area (Å²) in [6.45, 7) is 22.2. The van der Waals surface area contributed by atoms with E-state index in [2.05, 4.69) is 57.0 Å². The van der Waals surface area contributed by atoms with E-state index in [-0.39, 0.29) is 5.41 Å². The lowest BCUT2D eigenvalue weighted by Crippen LogP contribution is -2.02. The monoisotopic (exact) mass is 305 g/mol. The summed E-state index contributed by atoms with van der Waals surface area (Å²) >= 11 is 0. The zero-order chi connectivity index (χ0) is 18.2. The van der Waals surface area contributed by atoms with Gasteiger partial charge in [-0.2, -0.15) is 0 Å². The van der Waals surface area contributed by atoms with Crippen molar-refractivity contribution >= 4 is 0 Å². The second kappa shape index (κ2) is 15.9. The van der Waals surface area contributed by atoms with Gasteiger partial charge in [0.15, 0.2) is 0 Å². The topological polar surface area (TPSA) is 12.0 Å². The summed E-state index contributed by atoms with van der Waals surface area (Å²) in [6, 6.07) is 0. The molecule has 0 atom stereocenters. The fraction of sp³-hybridized carbons (Fsp3) is 0.524. The Morgan fingerprint density at radius 2 is 1.45 bits per heavy atom. The molecule has 0 saturated heterocycles. The van der Waals surface area contributed by atoms with Crippen molar-refractivity contribution in [1.82, 2.24) is 5.32 Å². The molecule has 0 amide bonds. The number of hydrogen-bond donors (Lipinski definition) is 1. The normalized spacial score (nSPS) is 15.1. The van der Waals surface area contributed by atoms with Crippen LogP contribution in [0.4, 0.5) is 0 Å². The van der Waals surface area contributed by atoms with Crippen LogP contribution >= 0.6 is 0 Å². The molecule has 0 saturated carbocycles. The van der Waals surface area contributed by atoms with E-state index in [4.69, 9.17) is 0 Å². The standard InChI is InChI=1S/C15H21N.3C2H6/c1-6-7-8-13-10-15(3,4)11-14(13)9-12(2)16-5;3*1-2/h6-11,16H,1H2,2-5H3;3*1-2H3/b8-7-,12-9-;;;. The lowest BCUT2D eigenvalue weighted by molar-refractivity contribution is 0.634. The van der Waals surface area contributed by atoms with Gasteiger partial charge in [-0.05, 0) is 24.1 Å². The highest BCUT2D eigenvalue weighted by Crippen LogP contribution is 2.34. The number of nitrogens with one attached hydrogen (secondary N) is 1. The maximum Gasteiger partial charge on any atom is 0.00785 e. The minimum absolute atomic E-state index is 0.140. The van der Waals surface area contributed by atoms with E-state index in [9.17, 15) is 0 Å². The van der Waals surface area contributed by atoms with Crippen LogP contribution in [0, 0.1) is 5.41 Å². The second-order valence-corrected chi connectivity index (χ2v) is 4.69. The fourth-order valence-corrected chi connectivity index (χ4v) is 1.76. The van der Waals surface area contributed by atoms with Crippen LogP contribution in [0.25, 0.3) is 0 Å². The Morgan fingerprint density at radius 3 is 1.86 bits per heavy atom. The quantitative estimate of drug-likeness (QED) is 0.562. The summed E-state index contributed by atoms with van der Waals surface area (Å²) in [7, 11) is 1.94. The predicted molar refractivity (Wildman–Crippen MR) is 106 cm³/mol. The van der Waals surface area contributed by atoms with Crippen LogP contribution in [0.1, 0.15) is 62.3 Å². The lowest BCUT2D eigenvalue weighted by Gasteiger charge is -2.08. The third-order valence-corrected chi connectivity index (χ3v) is 2.57. The number of hydrogen-bond acceptors (Lipinski definition) is 1. The average molecular weight is 306 g/mol. The van der Waals surface area contributed by atoms with Gasteiger partial charge in [0, 0.05) is 18.2 Å². The van der Waals surface area contributed by atoms with E-state index in [1.807, 2.05) is 54.7 Å². The first-order chi connectivity index (χ1) is 10.5. The minimum atomic E-state index is 0.140. The Labute approximate surface area is 140 Å². The van der Waals surface area contributed by atoms with E-state index < -0.39 is 0 Å². The molecule has 0 aliphatic heterocycles. The van der Waals surface area contributed by atoms with E-state index in [1.54, 1.807) is 6.08 Å². The highest BCUT2D eigenvalue weighted by atomic mass is 14.8. The zero-order valence-electron chi connectivity index (χ0n) is 16.7. The molecule has 1 heteroatoms. The van der Waals surface area contributed by atoms with Gasteiger partial charge >= 0.3 is 0 Å². The average Bonchev–Trinajstić information content (AvgIpc) is 2.84. The molecule has 1 aliphatic carbocycles. The molecule has 0 aromatic rings. The molecule has 1 aliphatic rings. The van der Waals surface area contributed by atoms with Gasteiger partial charge in [-0.3, -0.25) is 0 Å². The Morgan fingerprint density at radius 1 is 1.00 bits per heavy atom. The van der Waals surface area contributed by atoms with Gasteiger partial charge in [-0.1, -0.05) is 92.3 Å². The van der Waals surface area contributed by atoms with Crippen molar-refractivity contribution in [2.45, 2.75) is 62.3 Å². The Kier molecular flexibility index (Phi) is 18.4. The zero-order valence-corrected chi connectivity index (χ0v) is 16.7. The first-order valence-electron chi connectivity index (χ1n) is 8.60. The molecule has 1 nitrogen and oxygen atoms in total. The Balaban J connectivity index is -0.000000535. The summed E-state index contributed by atoms with van der Waals surface area (Å²) < 4.78 is 0. The Hall–Kier alpha value is -1.50. The minimum Gasteiger partial charge on any atom is -0.392 e. The van der Waals surface area contributed by atoms with Gasteiger partial charge in [0.2, 0.25) is 0 Å². The molecule has 128 valence electrons. The van der Waals surface area contributed by atoms with Gasteiger partial charge in [-0.25, -0.2) is 0 Å². The van der Waals surface area contributed by atoms with Crippen molar-refractivity contribution in [3.8, 4) is 0 Å². The third-order valence-electron chi connectivity index (χ3n) is 2.57. The molecule has 0 aromatic carbocycles. The maximum absolute atomic E-state index is 3.70. The van der Waals surface area contributed by atoms with Crippen LogP contribution in [0.2, 0.25) is 0 Å². The largest absolute Gasteiger partial charge is 0.392 e. The fourth-order valence-electron chi connectivity index (χ4n) is 1.76. The van der Waals surface area contributed by atoms with Gasteiger partial charge in [-0.15, -0.1) is 0 Å². The smallest absolute Gasteiger partial charge is 0.00785 e. The summed E-state index contributed by atoms with van der Waals surface area (Å²) in [4.78, 5) is 0. The van der Waals surface area contributed by atoms with Gasteiger partial charge in [0.05, 0.1) is 0 Å². The van der Waals surface area contributed by atoms with Crippen molar-refractivity contribution in [3.63, 3.8) is 0 Å². The molecule has 0 aromatic heterocycles. The summed E-state index contributed by atoms with van der Waals surface area (Å²) in [5, 5.41) is 3.14. The van der Waals surface area contributed by atoms with Crippen molar-refractivity contribution in [2.75, 3.05) is 7.05 Å². The SMILES string of the molecule is C=C/C=C\C1=CC(C)(C)C=C1/C=C(/C)NC.CC.CC.CC. The maximum atomic E-state index is 3.70. The molecule has 0 heterocycles. The van der Waals surface area contributed by atoms with Gasteiger partial charge in [0.25, 0.3) is 0 Å². The molecule has 1 rings (SSSR count). The summed E-state index contributed by atoms with van der Waals surface area (Å²) in [5.41, 5.74) is 3.84. The highest BCUT2D eigenvalue weighted by molar-refractivity contribution is 5.54. The van der Waals surface area contributed by atoms with Crippen LogP contribution in [0.3, 0.4) is 0 Å². The van der Waals surface area contributed by atoms with Crippen LogP contribution in [-0.2, 0) is 0 Å². The molecular weight excluding hydrogens is 266 g/mol. The van der Waals surface area contributed by atoms with Gasteiger partial charge < -0.3 is 5.32 Å². The predicted octanol–water partition coefficient (Wildman–Crippen LogP) is 6.82. The molecule has 0 unspecified atom stereocenters. The third kappa shape index (κ3) is 11.2. The summed E-state index contributed by atoms with van der Waals surface area (Å²) in [6.07, 6.45) is 12.6. The molecule has 0 fully saturated rings. The molecule has 0 spiro atoms. The van der Waals surface area contributed by atoms with Crippen molar-refractivity contribution in [1.29, 1.82) is 0 Å². The Bertz CT molecular complexity index is 390. The lowest BCUT2D eigenvalue weighted by atomic mass is 9.96.